The fourth-order valence-electron chi connectivity index (χ4n) is 3.72. The van der Waals surface area contributed by atoms with Crippen LogP contribution >= 0.6 is 0 Å². The molecule has 0 saturated heterocycles. The molecule has 0 saturated carbocycles. The number of fused-ring (bicyclic) bond motifs is 2. The van der Waals surface area contributed by atoms with E-state index >= 15 is 0 Å². The topological polar surface area (TPSA) is 49.9 Å². The van der Waals surface area contributed by atoms with Crippen LogP contribution in [0.15, 0.2) is 48.5 Å². The monoisotopic (exact) mass is 350 g/mol. The molecule has 1 unspecified atom stereocenters. The van der Waals surface area contributed by atoms with Gasteiger partial charge >= 0.3 is 0 Å². The summed E-state index contributed by atoms with van der Waals surface area (Å²) in [4.78, 5) is 28.9. The molecule has 26 heavy (non-hydrogen) atoms. The molecule has 4 rings (SSSR count). The highest BCUT2D eigenvalue weighted by Gasteiger charge is 2.32. The molecule has 5 heteroatoms. The molecular weight excluding hydrogens is 328 g/mol. The van der Waals surface area contributed by atoms with Gasteiger partial charge in [-0.2, -0.15) is 0 Å². The zero-order chi connectivity index (χ0) is 18.1. The number of para-hydroxylation sites is 3. The van der Waals surface area contributed by atoms with E-state index in [-0.39, 0.29) is 11.8 Å². The Hall–Kier alpha value is -2.82. The number of ether oxygens (including phenoxy) is 1. The minimum atomic E-state index is -0.532. The second kappa shape index (κ2) is 6.83. The Labute approximate surface area is 153 Å². The van der Waals surface area contributed by atoms with E-state index in [0.29, 0.717) is 18.7 Å². The van der Waals surface area contributed by atoms with Crippen molar-refractivity contribution in [3.05, 3.63) is 54.1 Å². The summed E-state index contributed by atoms with van der Waals surface area (Å²) in [5.41, 5.74) is 2.96. The molecule has 0 bridgehead atoms. The number of hydrogen-bond donors (Lipinski definition) is 0. The van der Waals surface area contributed by atoms with E-state index in [2.05, 4.69) is 6.07 Å². The first-order valence-corrected chi connectivity index (χ1v) is 9.10. The molecule has 0 radical (unpaired) electrons. The smallest absolute Gasteiger partial charge is 0.267 e. The van der Waals surface area contributed by atoms with Gasteiger partial charge in [-0.25, -0.2) is 0 Å². The highest BCUT2D eigenvalue weighted by molar-refractivity contribution is 6.01. The number of rotatable bonds is 3. The van der Waals surface area contributed by atoms with E-state index in [1.54, 1.807) is 11.8 Å². The number of benzene rings is 2. The summed E-state index contributed by atoms with van der Waals surface area (Å²) in [7, 11) is 0. The Balaban J connectivity index is 1.51. The largest absolute Gasteiger partial charge is 0.479 e. The summed E-state index contributed by atoms with van der Waals surface area (Å²) in [6.07, 6.45) is 1.74. The Morgan fingerprint density at radius 1 is 1.12 bits per heavy atom. The first kappa shape index (κ1) is 16.6. The van der Waals surface area contributed by atoms with E-state index < -0.39 is 6.10 Å². The molecule has 2 aromatic rings. The van der Waals surface area contributed by atoms with Gasteiger partial charge in [0.1, 0.15) is 5.75 Å². The van der Waals surface area contributed by atoms with Gasteiger partial charge in [-0.05, 0) is 43.5 Å². The lowest BCUT2D eigenvalue weighted by atomic mass is 10.0. The fraction of sp³-hybridized carbons (Fsp3) is 0.333. The van der Waals surface area contributed by atoms with E-state index in [1.165, 1.54) is 5.56 Å². The van der Waals surface area contributed by atoms with Crippen LogP contribution in [0.5, 0.6) is 5.75 Å². The molecule has 2 aliphatic rings. The minimum absolute atomic E-state index is 0.0570. The summed E-state index contributed by atoms with van der Waals surface area (Å²) in [6, 6.07) is 15.5. The van der Waals surface area contributed by atoms with E-state index in [0.717, 1.165) is 30.8 Å². The van der Waals surface area contributed by atoms with Crippen LogP contribution in [0.4, 0.5) is 11.4 Å². The van der Waals surface area contributed by atoms with Crippen molar-refractivity contribution in [1.29, 1.82) is 0 Å². The predicted molar refractivity (Wildman–Crippen MR) is 101 cm³/mol. The van der Waals surface area contributed by atoms with Crippen molar-refractivity contribution in [3.8, 4) is 5.75 Å². The summed E-state index contributed by atoms with van der Waals surface area (Å²) in [6.45, 7) is 2.84. The number of nitrogens with zero attached hydrogens (tertiary/aromatic N) is 2. The van der Waals surface area contributed by atoms with Crippen LogP contribution in [0, 0.1) is 0 Å². The molecule has 0 fully saturated rings. The van der Waals surface area contributed by atoms with Gasteiger partial charge in [0.25, 0.3) is 5.91 Å². The van der Waals surface area contributed by atoms with Gasteiger partial charge in [0, 0.05) is 25.2 Å². The summed E-state index contributed by atoms with van der Waals surface area (Å²) < 4.78 is 5.66. The molecule has 2 aromatic carbocycles. The lowest BCUT2D eigenvalue weighted by Gasteiger charge is -2.34. The summed E-state index contributed by atoms with van der Waals surface area (Å²) in [5.74, 6) is 0.646. The van der Waals surface area contributed by atoms with E-state index in [1.807, 2.05) is 47.4 Å². The molecule has 2 aliphatic heterocycles. The zero-order valence-corrected chi connectivity index (χ0v) is 14.9. The molecule has 2 heterocycles. The van der Waals surface area contributed by atoms with Gasteiger partial charge in [0.05, 0.1) is 5.69 Å². The Morgan fingerprint density at radius 3 is 2.69 bits per heavy atom. The number of carbonyl (C=O) groups excluding carboxylic acids is 2. The van der Waals surface area contributed by atoms with Crippen LogP contribution in [0.1, 0.15) is 25.3 Å². The summed E-state index contributed by atoms with van der Waals surface area (Å²) >= 11 is 0. The van der Waals surface area contributed by atoms with Crippen molar-refractivity contribution in [3.63, 3.8) is 0 Å². The van der Waals surface area contributed by atoms with Crippen molar-refractivity contribution in [1.82, 2.24) is 0 Å². The quantitative estimate of drug-likeness (QED) is 0.854. The van der Waals surface area contributed by atoms with Gasteiger partial charge in [-0.3, -0.25) is 9.59 Å². The third kappa shape index (κ3) is 2.94. The maximum atomic E-state index is 12.9. The molecule has 134 valence electrons. The maximum Gasteiger partial charge on any atom is 0.267 e. The number of hydrogen-bond acceptors (Lipinski definition) is 3. The SMILES string of the molecule is CC1Oc2ccccc2N(CCC(=O)N2CCCc3ccccc32)C1=O. The highest BCUT2D eigenvalue weighted by Crippen LogP contribution is 2.34. The second-order valence-electron chi connectivity index (χ2n) is 6.75. The normalized spacial score (nSPS) is 18.8. The van der Waals surface area contributed by atoms with Crippen molar-refractivity contribution >= 4 is 23.2 Å². The number of carbonyl (C=O) groups is 2. The lowest BCUT2D eigenvalue weighted by Crippen LogP contribution is -2.46. The standard InChI is InChI=1S/C21H22N2O3/c1-15-21(25)23(18-10-4-5-11-19(18)26-15)14-12-20(24)22-13-6-8-16-7-2-3-9-17(16)22/h2-5,7,9-11,15H,6,8,12-14H2,1H3. The molecular formula is C21H22N2O3. The Kier molecular flexibility index (Phi) is 4.37. The predicted octanol–water partition coefficient (Wildman–Crippen LogP) is 3.17. The van der Waals surface area contributed by atoms with Gasteiger partial charge in [0.15, 0.2) is 6.10 Å². The molecule has 0 spiro atoms. The fourth-order valence-corrected chi connectivity index (χ4v) is 3.72. The third-order valence-corrected chi connectivity index (χ3v) is 5.03. The highest BCUT2D eigenvalue weighted by atomic mass is 16.5. The van der Waals surface area contributed by atoms with Crippen LogP contribution < -0.4 is 14.5 Å². The molecule has 2 amide bonds. The third-order valence-electron chi connectivity index (χ3n) is 5.03. The van der Waals surface area contributed by atoms with Crippen LogP contribution in [-0.4, -0.2) is 31.0 Å². The Morgan fingerprint density at radius 2 is 1.85 bits per heavy atom. The van der Waals surface area contributed by atoms with Crippen LogP contribution in [0.2, 0.25) is 0 Å². The maximum absolute atomic E-state index is 12.9. The van der Waals surface area contributed by atoms with E-state index in [9.17, 15) is 9.59 Å². The number of anilines is 2. The van der Waals surface area contributed by atoms with Crippen LogP contribution in [-0.2, 0) is 16.0 Å². The van der Waals surface area contributed by atoms with Gasteiger partial charge in [0.2, 0.25) is 5.91 Å². The first-order valence-electron chi connectivity index (χ1n) is 9.10. The van der Waals surface area contributed by atoms with Crippen molar-refractivity contribution in [2.24, 2.45) is 0 Å². The zero-order valence-electron chi connectivity index (χ0n) is 14.9. The van der Waals surface area contributed by atoms with Crippen molar-refractivity contribution in [2.45, 2.75) is 32.3 Å². The average molecular weight is 350 g/mol. The number of amides is 2. The molecule has 0 aliphatic carbocycles. The van der Waals surface area contributed by atoms with Gasteiger partial charge in [-0.15, -0.1) is 0 Å². The Bertz CT molecular complexity index is 849. The van der Waals surface area contributed by atoms with Crippen LogP contribution in [0.25, 0.3) is 0 Å². The van der Waals surface area contributed by atoms with Crippen molar-refractivity contribution in [2.75, 3.05) is 22.9 Å². The van der Waals surface area contributed by atoms with Gasteiger partial charge < -0.3 is 14.5 Å². The van der Waals surface area contributed by atoms with Crippen LogP contribution in [0.3, 0.4) is 0 Å². The average Bonchev–Trinajstić information content (AvgIpc) is 2.67. The lowest BCUT2D eigenvalue weighted by molar-refractivity contribution is -0.125. The molecule has 0 aromatic heterocycles. The molecule has 1 atom stereocenters. The van der Waals surface area contributed by atoms with Gasteiger partial charge in [-0.1, -0.05) is 30.3 Å². The number of aryl methyl sites for hydroxylation is 1. The molecule has 5 nitrogen and oxygen atoms in total. The van der Waals surface area contributed by atoms with Crippen molar-refractivity contribution < 1.29 is 14.3 Å². The summed E-state index contributed by atoms with van der Waals surface area (Å²) in [5, 5.41) is 0. The second-order valence-corrected chi connectivity index (χ2v) is 6.75. The minimum Gasteiger partial charge on any atom is -0.479 e. The van der Waals surface area contributed by atoms with E-state index in [4.69, 9.17) is 4.74 Å². The molecule has 0 N–H and O–H groups in total. The first-order chi connectivity index (χ1) is 12.6.